The van der Waals surface area contributed by atoms with Crippen LogP contribution in [0.25, 0.3) is 0 Å². The summed E-state index contributed by atoms with van der Waals surface area (Å²) in [4.78, 5) is 11.1. The predicted octanol–water partition coefficient (Wildman–Crippen LogP) is 2.11. The Balaban J connectivity index is 3.55. The van der Waals surface area contributed by atoms with Crippen molar-refractivity contribution < 1.29 is 9.53 Å². The Labute approximate surface area is 87.2 Å². The van der Waals surface area contributed by atoms with E-state index in [-0.39, 0.29) is 5.97 Å². The van der Waals surface area contributed by atoms with Crippen molar-refractivity contribution in [3.8, 4) is 0 Å². The van der Waals surface area contributed by atoms with Crippen molar-refractivity contribution in [1.82, 2.24) is 5.32 Å². The number of hydrogen-bond acceptors (Lipinski definition) is 3. The fourth-order valence-electron chi connectivity index (χ4n) is 1.14. The van der Waals surface area contributed by atoms with Crippen molar-refractivity contribution in [2.45, 2.75) is 52.5 Å². The summed E-state index contributed by atoms with van der Waals surface area (Å²) in [5.41, 5.74) is 0. The molecule has 0 aromatic carbocycles. The standard InChI is InChI=1S/C11H23NO2/c1-4-7-11(13)14-9-10(6-3)12-8-5-2/h10,12H,4-9H2,1-3H3. The monoisotopic (exact) mass is 201 g/mol. The van der Waals surface area contributed by atoms with Gasteiger partial charge in [0.2, 0.25) is 0 Å². The molecule has 1 atom stereocenters. The van der Waals surface area contributed by atoms with Gasteiger partial charge in [-0.3, -0.25) is 4.79 Å². The van der Waals surface area contributed by atoms with Crippen LogP contribution in [-0.2, 0) is 9.53 Å². The maximum Gasteiger partial charge on any atom is 0.305 e. The quantitative estimate of drug-likeness (QED) is 0.611. The normalized spacial score (nSPS) is 12.5. The SMILES string of the molecule is CCCNC(CC)COC(=O)CCC. The maximum absolute atomic E-state index is 11.1. The van der Waals surface area contributed by atoms with Gasteiger partial charge in [0.25, 0.3) is 0 Å². The van der Waals surface area contributed by atoms with E-state index in [1.165, 1.54) is 0 Å². The molecular weight excluding hydrogens is 178 g/mol. The van der Waals surface area contributed by atoms with Crippen molar-refractivity contribution in [3.05, 3.63) is 0 Å². The smallest absolute Gasteiger partial charge is 0.305 e. The van der Waals surface area contributed by atoms with Gasteiger partial charge in [-0.25, -0.2) is 0 Å². The summed E-state index contributed by atoms with van der Waals surface area (Å²) < 4.78 is 5.13. The van der Waals surface area contributed by atoms with E-state index in [2.05, 4.69) is 19.2 Å². The maximum atomic E-state index is 11.1. The molecule has 0 aliphatic heterocycles. The first kappa shape index (κ1) is 13.4. The highest BCUT2D eigenvalue weighted by atomic mass is 16.5. The van der Waals surface area contributed by atoms with E-state index in [0.29, 0.717) is 19.1 Å². The van der Waals surface area contributed by atoms with Crippen LogP contribution in [0.5, 0.6) is 0 Å². The minimum Gasteiger partial charge on any atom is -0.464 e. The van der Waals surface area contributed by atoms with Crippen LogP contribution in [0.1, 0.15) is 46.5 Å². The van der Waals surface area contributed by atoms with Gasteiger partial charge in [0.1, 0.15) is 6.61 Å². The van der Waals surface area contributed by atoms with Gasteiger partial charge in [0.05, 0.1) is 0 Å². The highest BCUT2D eigenvalue weighted by molar-refractivity contribution is 5.69. The van der Waals surface area contributed by atoms with Crippen molar-refractivity contribution in [2.75, 3.05) is 13.2 Å². The van der Waals surface area contributed by atoms with Crippen molar-refractivity contribution in [1.29, 1.82) is 0 Å². The number of nitrogens with one attached hydrogen (secondary N) is 1. The molecule has 0 aromatic heterocycles. The molecule has 3 heteroatoms. The van der Waals surface area contributed by atoms with Crippen LogP contribution < -0.4 is 5.32 Å². The van der Waals surface area contributed by atoms with Crippen molar-refractivity contribution in [2.24, 2.45) is 0 Å². The molecule has 1 N–H and O–H groups in total. The van der Waals surface area contributed by atoms with Crippen molar-refractivity contribution >= 4 is 5.97 Å². The Hall–Kier alpha value is -0.570. The number of esters is 1. The number of rotatable bonds is 8. The molecule has 0 aliphatic carbocycles. The van der Waals surface area contributed by atoms with Gasteiger partial charge in [0, 0.05) is 12.5 Å². The van der Waals surface area contributed by atoms with Gasteiger partial charge in [0.15, 0.2) is 0 Å². The number of ether oxygens (including phenoxy) is 1. The molecule has 0 spiro atoms. The third kappa shape index (κ3) is 6.89. The Morgan fingerprint density at radius 1 is 1.29 bits per heavy atom. The second-order valence-corrected chi connectivity index (χ2v) is 3.49. The molecule has 0 aliphatic rings. The first-order valence-electron chi connectivity index (χ1n) is 5.63. The van der Waals surface area contributed by atoms with Gasteiger partial charge in [-0.15, -0.1) is 0 Å². The lowest BCUT2D eigenvalue weighted by atomic mass is 10.2. The summed E-state index contributed by atoms with van der Waals surface area (Å²) in [6.45, 7) is 7.71. The molecule has 1 unspecified atom stereocenters. The predicted molar refractivity (Wildman–Crippen MR) is 58.2 cm³/mol. The topological polar surface area (TPSA) is 38.3 Å². The second-order valence-electron chi connectivity index (χ2n) is 3.49. The molecule has 0 saturated heterocycles. The fraction of sp³-hybridized carbons (Fsp3) is 0.909. The van der Waals surface area contributed by atoms with Crippen LogP contribution in [0.15, 0.2) is 0 Å². The lowest BCUT2D eigenvalue weighted by molar-refractivity contribution is -0.144. The summed E-state index contributed by atoms with van der Waals surface area (Å²) in [5.74, 6) is -0.0794. The Morgan fingerprint density at radius 3 is 2.50 bits per heavy atom. The molecule has 14 heavy (non-hydrogen) atoms. The summed E-state index contributed by atoms with van der Waals surface area (Å²) in [5, 5.41) is 3.34. The van der Waals surface area contributed by atoms with Crippen LogP contribution in [0.4, 0.5) is 0 Å². The van der Waals surface area contributed by atoms with Crippen LogP contribution in [0.2, 0.25) is 0 Å². The zero-order chi connectivity index (χ0) is 10.8. The third-order valence-electron chi connectivity index (χ3n) is 2.08. The zero-order valence-electron chi connectivity index (χ0n) is 9.64. The molecular formula is C11H23NO2. The van der Waals surface area contributed by atoms with Crippen LogP contribution in [0, 0.1) is 0 Å². The van der Waals surface area contributed by atoms with E-state index in [1.807, 2.05) is 6.92 Å². The molecule has 0 aromatic rings. The fourth-order valence-corrected chi connectivity index (χ4v) is 1.14. The first-order chi connectivity index (χ1) is 6.74. The summed E-state index contributed by atoms with van der Waals surface area (Å²) >= 11 is 0. The van der Waals surface area contributed by atoms with Gasteiger partial charge < -0.3 is 10.1 Å². The van der Waals surface area contributed by atoms with Gasteiger partial charge in [-0.2, -0.15) is 0 Å². The summed E-state index contributed by atoms with van der Waals surface area (Å²) in [6, 6.07) is 0.316. The minimum absolute atomic E-state index is 0.0794. The van der Waals surface area contributed by atoms with E-state index >= 15 is 0 Å². The molecule has 0 fully saturated rings. The van der Waals surface area contributed by atoms with Crippen LogP contribution in [-0.4, -0.2) is 25.2 Å². The van der Waals surface area contributed by atoms with Gasteiger partial charge in [-0.05, 0) is 25.8 Å². The third-order valence-corrected chi connectivity index (χ3v) is 2.08. The van der Waals surface area contributed by atoms with E-state index in [4.69, 9.17) is 4.74 Å². The first-order valence-corrected chi connectivity index (χ1v) is 5.63. The molecule has 0 rings (SSSR count). The molecule has 0 saturated carbocycles. The van der Waals surface area contributed by atoms with E-state index in [9.17, 15) is 4.79 Å². The highest BCUT2D eigenvalue weighted by Crippen LogP contribution is 1.96. The summed E-state index contributed by atoms with van der Waals surface area (Å²) in [7, 11) is 0. The molecule has 0 bridgehead atoms. The number of carbonyl (C=O) groups excluding carboxylic acids is 1. The van der Waals surface area contributed by atoms with Crippen LogP contribution >= 0.6 is 0 Å². The number of carbonyl (C=O) groups is 1. The highest BCUT2D eigenvalue weighted by Gasteiger charge is 2.07. The second kappa shape index (κ2) is 9.00. The average molecular weight is 201 g/mol. The zero-order valence-corrected chi connectivity index (χ0v) is 9.64. The Kier molecular flexibility index (Phi) is 8.64. The lowest BCUT2D eigenvalue weighted by Gasteiger charge is -2.16. The average Bonchev–Trinajstić information content (AvgIpc) is 2.19. The molecule has 0 amide bonds. The molecule has 84 valence electrons. The van der Waals surface area contributed by atoms with E-state index < -0.39 is 0 Å². The Bertz CT molecular complexity index is 148. The van der Waals surface area contributed by atoms with E-state index in [0.717, 1.165) is 25.8 Å². The van der Waals surface area contributed by atoms with Crippen molar-refractivity contribution in [3.63, 3.8) is 0 Å². The minimum atomic E-state index is -0.0794. The summed E-state index contributed by atoms with van der Waals surface area (Å²) in [6.07, 6.45) is 3.50. The largest absolute Gasteiger partial charge is 0.464 e. The molecule has 0 radical (unpaired) electrons. The molecule has 0 heterocycles. The molecule has 3 nitrogen and oxygen atoms in total. The Morgan fingerprint density at radius 2 is 2.00 bits per heavy atom. The van der Waals surface area contributed by atoms with Crippen LogP contribution in [0.3, 0.4) is 0 Å². The van der Waals surface area contributed by atoms with Gasteiger partial charge >= 0.3 is 5.97 Å². The number of hydrogen-bond donors (Lipinski definition) is 1. The van der Waals surface area contributed by atoms with Gasteiger partial charge in [-0.1, -0.05) is 20.8 Å². The van der Waals surface area contributed by atoms with E-state index in [1.54, 1.807) is 0 Å². The lowest BCUT2D eigenvalue weighted by Crippen LogP contribution is -2.34.